The van der Waals surface area contributed by atoms with Gasteiger partial charge in [0.15, 0.2) is 0 Å². The fourth-order valence-electron chi connectivity index (χ4n) is 2.81. The number of amides is 2. The number of anilines is 1. The lowest BCUT2D eigenvalue weighted by Gasteiger charge is -2.09. The van der Waals surface area contributed by atoms with Crippen LogP contribution in [0, 0.1) is 0 Å². The van der Waals surface area contributed by atoms with Gasteiger partial charge in [0.1, 0.15) is 5.75 Å². The summed E-state index contributed by atoms with van der Waals surface area (Å²) in [5.41, 5.74) is 6.37. The molecule has 8 nitrogen and oxygen atoms in total. The van der Waals surface area contributed by atoms with Crippen LogP contribution in [0.1, 0.15) is 11.1 Å². The normalized spacial score (nSPS) is 11.1. The predicted molar refractivity (Wildman–Crippen MR) is 131 cm³/mol. The fourth-order valence-corrected chi connectivity index (χ4v) is 3.99. The van der Waals surface area contributed by atoms with Crippen LogP contribution in [0.25, 0.3) is 6.08 Å². The van der Waals surface area contributed by atoms with Gasteiger partial charge in [-0.2, -0.15) is 0 Å². The number of halogens is 1. The molecule has 3 aromatic rings. The Kier molecular flexibility index (Phi) is 8.29. The number of carbonyl (C=O) groups excluding carboxylic acids is 2. The number of ether oxygens (including phenoxy) is 1. The van der Waals surface area contributed by atoms with Crippen LogP contribution in [0.3, 0.4) is 0 Å². The van der Waals surface area contributed by atoms with E-state index in [2.05, 4.69) is 15.6 Å². The lowest BCUT2D eigenvalue weighted by Crippen LogP contribution is -2.41. The number of hydrogen-bond acceptors (Lipinski definition) is 5. The van der Waals surface area contributed by atoms with E-state index in [1.165, 1.54) is 31.4 Å². The zero-order chi connectivity index (χ0) is 24.6. The molecule has 176 valence electrons. The molecule has 0 aliphatic carbocycles. The van der Waals surface area contributed by atoms with Crippen molar-refractivity contribution in [3.8, 4) is 5.75 Å². The topological polar surface area (TPSA) is 114 Å². The first-order chi connectivity index (χ1) is 16.2. The van der Waals surface area contributed by atoms with Crippen LogP contribution in [0.5, 0.6) is 5.75 Å². The van der Waals surface area contributed by atoms with Crippen molar-refractivity contribution in [1.29, 1.82) is 0 Å². The minimum atomic E-state index is -3.78. The monoisotopic (exact) mass is 499 g/mol. The van der Waals surface area contributed by atoms with Gasteiger partial charge in [-0.15, -0.1) is 0 Å². The Balaban J connectivity index is 1.51. The summed E-state index contributed by atoms with van der Waals surface area (Å²) in [6.45, 7) is 0. The summed E-state index contributed by atoms with van der Waals surface area (Å²) in [7, 11) is -2.25. The minimum Gasteiger partial charge on any atom is -0.497 e. The molecule has 10 heteroatoms. The number of hydrazine groups is 1. The lowest BCUT2D eigenvalue weighted by atomic mass is 10.1. The van der Waals surface area contributed by atoms with E-state index in [1.54, 1.807) is 60.7 Å². The Morgan fingerprint density at radius 1 is 0.912 bits per heavy atom. The maximum Gasteiger partial charge on any atom is 0.262 e. The van der Waals surface area contributed by atoms with Crippen molar-refractivity contribution in [2.75, 3.05) is 11.8 Å². The molecule has 0 aliphatic rings. The van der Waals surface area contributed by atoms with Crippen LogP contribution in [0.2, 0.25) is 5.02 Å². The molecule has 0 aliphatic heterocycles. The Morgan fingerprint density at radius 3 is 2.18 bits per heavy atom. The van der Waals surface area contributed by atoms with Crippen molar-refractivity contribution in [3.63, 3.8) is 0 Å². The van der Waals surface area contributed by atoms with Crippen molar-refractivity contribution in [1.82, 2.24) is 10.9 Å². The van der Waals surface area contributed by atoms with E-state index in [1.807, 2.05) is 0 Å². The summed E-state index contributed by atoms with van der Waals surface area (Å²) in [4.78, 5) is 23.9. The maximum absolute atomic E-state index is 12.6. The first-order valence-electron chi connectivity index (χ1n) is 10.0. The molecular weight excluding hydrogens is 478 g/mol. The zero-order valence-corrected chi connectivity index (χ0v) is 19.7. The summed E-state index contributed by atoms with van der Waals surface area (Å²) < 4.78 is 32.7. The van der Waals surface area contributed by atoms with Crippen molar-refractivity contribution in [3.05, 3.63) is 95.0 Å². The molecule has 3 N–H and O–H groups in total. The van der Waals surface area contributed by atoms with E-state index in [9.17, 15) is 18.0 Å². The number of carbonyl (C=O) groups is 2. The molecule has 0 saturated heterocycles. The highest BCUT2D eigenvalue weighted by molar-refractivity contribution is 7.92. The molecular formula is C24H22ClN3O5S. The third-order valence-corrected chi connectivity index (χ3v) is 6.21. The molecule has 0 spiro atoms. The molecule has 0 bridgehead atoms. The van der Waals surface area contributed by atoms with Gasteiger partial charge >= 0.3 is 0 Å². The summed E-state index contributed by atoms with van der Waals surface area (Å²) in [6.07, 6.45) is 2.80. The van der Waals surface area contributed by atoms with Gasteiger partial charge in [0.2, 0.25) is 5.91 Å². The molecule has 3 rings (SSSR count). The fraction of sp³-hybridized carbons (Fsp3) is 0.0833. The Bertz CT molecular complexity index is 1270. The molecule has 0 unspecified atom stereocenters. The van der Waals surface area contributed by atoms with E-state index in [4.69, 9.17) is 16.3 Å². The first-order valence-corrected chi connectivity index (χ1v) is 11.9. The van der Waals surface area contributed by atoms with Crippen molar-refractivity contribution >= 4 is 45.2 Å². The molecule has 0 heterocycles. The number of methoxy groups -OCH3 is 1. The second-order valence-corrected chi connectivity index (χ2v) is 9.20. The summed E-state index contributed by atoms with van der Waals surface area (Å²) >= 11 is 5.81. The quantitative estimate of drug-likeness (QED) is 0.324. The second kappa shape index (κ2) is 11.4. The van der Waals surface area contributed by atoms with Crippen LogP contribution in [0.15, 0.2) is 83.8 Å². The Hall–Kier alpha value is -3.82. The second-order valence-electron chi connectivity index (χ2n) is 7.08. The highest BCUT2D eigenvalue weighted by Gasteiger charge is 2.14. The Morgan fingerprint density at radius 2 is 1.56 bits per heavy atom. The van der Waals surface area contributed by atoms with Gasteiger partial charge in [0.25, 0.3) is 15.9 Å². The van der Waals surface area contributed by atoms with Crippen LogP contribution in [-0.2, 0) is 26.0 Å². The van der Waals surface area contributed by atoms with E-state index in [0.717, 1.165) is 5.56 Å². The van der Waals surface area contributed by atoms with E-state index < -0.39 is 15.9 Å². The molecule has 0 aromatic heterocycles. The van der Waals surface area contributed by atoms with Crippen molar-refractivity contribution < 1.29 is 22.7 Å². The van der Waals surface area contributed by atoms with Crippen LogP contribution in [0.4, 0.5) is 5.69 Å². The van der Waals surface area contributed by atoms with Gasteiger partial charge in [-0.05, 0) is 65.7 Å². The predicted octanol–water partition coefficient (Wildman–Crippen LogP) is 3.55. The molecule has 3 aromatic carbocycles. The van der Waals surface area contributed by atoms with Crippen LogP contribution >= 0.6 is 11.6 Å². The first kappa shape index (κ1) is 24.8. The SMILES string of the molecule is COc1ccc(NS(=O)(=O)c2ccc(/C=C/C(=O)NNC(=O)Cc3ccc(Cl)cc3)cc2)cc1. The maximum atomic E-state index is 12.6. The van der Waals surface area contributed by atoms with E-state index >= 15 is 0 Å². The third kappa shape index (κ3) is 7.36. The summed E-state index contributed by atoms with van der Waals surface area (Å²) in [5, 5.41) is 0.571. The van der Waals surface area contributed by atoms with Crippen molar-refractivity contribution in [2.45, 2.75) is 11.3 Å². The highest BCUT2D eigenvalue weighted by atomic mass is 35.5. The smallest absolute Gasteiger partial charge is 0.262 e. The van der Waals surface area contributed by atoms with Crippen LogP contribution in [-0.4, -0.2) is 27.3 Å². The summed E-state index contributed by atoms with van der Waals surface area (Å²) in [5.74, 6) is -0.311. The number of hydrogen-bond donors (Lipinski definition) is 3. The molecule has 0 atom stereocenters. The van der Waals surface area contributed by atoms with Gasteiger partial charge in [-0.25, -0.2) is 8.42 Å². The van der Waals surface area contributed by atoms with Gasteiger partial charge in [0, 0.05) is 16.8 Å². The number of sulfonamides is 1. The number of rotatable bonds is 8. The van der Waals surface area contributed by atoms with Gasteiger partial charge in [-0.1, -0.05) is 35.9 Å². The average molecular weight is 500 g/mol. The standard InChI is InChI=1S/C24H22ClN3O5S/c1-33-21-11-9-20(10-12-21)28-34(31,32)22-13-4-17(5-14-22)6-15-23(29)26-27-24(30)16-18-2-7-19(25)8-3-18/h2-15,28H,16H2,1H3,(H,26,29)(H,27,30)/b15-6+. The van der Waals surface area contributed by atoms with E-state index in [-0.39, 0.29) is 17.2 Å². The zero-order valence-electron chi connectivity index (χ0n) is 18.1. The highest BCUT2D eigenvalue weighted by Crippen LogP contribution is 2.20. The number of nitrogens with one attached hydrogen (secondary N) is 3. The van der Waals surface area contributed by atoms with Gasteiger partial charge < -0.3 is 4.74 Å². The van der Waals surface area contributed by atoms with Gasteiger partial charge in [-0.3, -0.25) is 25.2 Å². The summed E-state index contributed by atoms with van der Waals surface area (Å²) in [6, 6.07) is 19.3. The third-order valence-electron chi connectivity index (χ3n) is 4.56. The number of benzene rings is 3. The Labute approximate surface area is 202 Å². The average Bonchev–Trinajstić information content (AvgIpc) is 2.83. The lowest BCUT2D eigenvalue weighted by molar-refractivity contribution is -0.126. The molecule has 2 amide bonds. The molecule has 0 radical (unpaired) electrons. The molecule has 0 saturated carbocycles. The molecule has 0 fully saturated rings. The van der Waals surface area contributed by atoms with Gasteiger partial charge in [0.05, 0.1) is 18.4 Å². The van der Waals surface area contributed by atoms with Crippen molar-refractivity contribution in [2.24, 2.45) is 0 Å². The minimum absolute atomic E-state index is 0.0689. The largest absolute Gasteiger partial charge is 0.497 e. The van der Waals surface area contributed by atoms with E-state index in [0.29, 0.717) is 22.0 Å². The molecule has 34 heavy (non-hydrogen) atoms. The van der Waals surface area contributed by atoms with Crippen LogP contribution < -0.4 is 20.3 Å².